The van der Waals surface area contributed by atoms with E-state index >= 15 is 0 Å². The Morgan fingerprint density at radius 3 is 2.61 bits per heavy atom. The maximum Gasteiger partial charge on any atom is 0.331 e. The summed E-state index contributed by atoms with van der Waals surface area (Å²) >= 11 is 0. The summed E-state index contributed by atoms with van der Waals surface area (Å²) in [7, 11) is 1.30. The molecule has 2 aromatic rings. The fourth-order valence-corrected chi connectivity index (χ4v) is 2.31. The first-order valence-electron chi connectivity index (χ1n) is 7.39. The lowest BCUT2D eigenvalue weighted by atomic mass is 9.96. The summed E-state index contributed by atoms with van der Waals surface area (Å²) in [6.07, 6.45) is 2.56. The first-order chi connectivity index (χ1) is 11.0. The van der Waals surface area contributed by atoms with Crippen molar-refractivity contribution in [3.63, 3.8) is 0 Å². The molecule has 1 unspecified atom stereocenters. The highest BCUT2D eigenvalue weighted by Gasteiger charge is 2.35. The molecule has 0 bridgehead atoms. The largest absolute Gasteiger partial charge is 0.467 e. The fourth-order valence-electron chi connectivity index (χ4n) is 2.31. The molecule has 122 valence electrons. The van der Waals surface area contributed by atoms with E-state index in [0.29, 0.717) is 6.42 Å². The van der Waals surface area contributed by atoms with Crippen LogP contribution in [0, 0.1) is 0 Å². The lowest BCUT2D eigenvalue weighted by Gasteiger charge is -2.26. The van der Waals surface area contributed by atoms with E-state index in [9.17, 15) is 9.59 Å². The predicted molar refractivity (Wildman–Crippen MR) is 84.2 cm³/mol. The Morgan fingerprint density at radius 1 is 1.30 bits per heavy atom. The number of amides is 1. The topological polar surface area (TPSA) is 86.1 Å². The number of nitrogens with zero attached hydrogens (tertiary/aromatic N) is 3. The van der Waals surface area contributed by atoms with Crippen LogP contribution in [-0.2, 0) is 9.53 Å². The zero-order chi connectivity index (χ0) is 16.9. The van der Waals surface area contributed by atoms with E-state index in [1.54, 1.807) is 6.92 Å². The third-order valence-corrected chi connectivity index (χ3v) is 3.49. The van der Waals surface area contributed by atoms with Gasteiger partial charge in [-0.15, -0.1) is 5.10 Å². The van der Waals surface area contributed by atoms with Crippen molar-refractivity contribution in [1.29, 1.82) is 0 Å². The molecule has 0 aliphatic carbocycles. The van der Waals surface area contributed by atoms with Crippen molar-refractivity contribution < 1.29 is 14.3 Å². The zero-order valence-electron chi connectivity index (χ0n) is 13.4. The Balaban J connectivity index is 2.17. The maximum absolute atomic E-state index is 12.4. The second-order valence-corrected chi connectivity index (χ2v) is 5.38. The summed E-state index contributed by atoms with van der Waals surface area (Å²) in [6.45, 7) is 3.57. The lowest BCUT2D eigenvalue weighted by Crippen LogP contribution is -2.52. The molecule has 0 radical (unpaired) electrons. The van der Waals surface area contributed by atoms with Gasteiger partial charge in [-0.05, 0) is 25.5 Å². The number of methoxy groups -OCH3 is 1. The SMILES string of the molecule is CCCC(C)(NC(=O)c1cnn(-c2ccccc2)n1)C(=O)OC. The predicted octanol–water partition coefficient (Wildman–Crippen LogP) is 1.73. The molecule has 1 N–H and O–H groups in total. The van der Waals surface area contributed by atoms with Gasteiger partial charge in [0.15, 0.2) is 5.69 Å². The van der Waals surface area contributed by atoms with Crippen molar-refractivity contribution in [3.8, 4) is 5.69 Å². The Morgan fingerprint density at radius 2 is 2.00 bits per heavy atom. The molecule has 7 nitrogen and oxygen atoms in total. The van der Waals surface area contributed by atoms with Crippen LogP contribution in [0.1, 0.15) is 37.2 Å². The third kappa shape index (κ3) is 3.74. The number of hydrogen-bond acceptors (Lipinski definition) is 5. The Labute approximate surface area is 134 Å². The molecule has 0 aliphatic heterocycles. The van der Waals surface area contributed by atoms with Crippen molar-refractivity contribution in [3.05, 3.63) is 42.2 Å². The number of nitrogens with one attached hydrogen (secondary N) is 1. The Kier molecular flexibility index (Phi) is 5.10. The van der Waals surface area contributed by atoms with E-state index in [1.165, 1.54) is 18.1 Å². The number of aromatic nitrogens is 3. The molecule has 0 aliphatic rings. The van der Waals surface area contributed by atoms with Gasteiger partial charge >= 0.3 is 5.97 Å². The number of benzene rings is 1. The average molecular weight is 316 g/mol. The van der Waals surface area contributed by atoms with Crippen LogP contribution in [0.2, 0.25) is 0 Å². The zero-order valence-corrected chi connectivity index (χ0v) is 13.4. The Hall–Kier alpha value is -2.70. The van der Waals surface area contributed by atoms with E-state index in [-0.39, 0.29) is 5.69 Å². The molecule has 1 atom stereocenters. The van der Waals surface area contributed by atoms with Crippen molar-refractivity contribution in [2.24, 2.45) is 0 Å². The molecular weight excluding hydrogens is 296 g/mol. The van der Waals surface area contributed by atoms with E-state index in [1.807, 2.05) is 37.3 Å². The van der Waals surface area contributed by atoms with Gasteiger partial charge in [-0.1, -0.05) is 31.5 Å². The van der Waals surface area contributed by atoms with Crippen LogP contribution in [0.5, 0.6) is 0 Å². The maximum atomic E-state index is 12.4. The molecule has 1 aromatic heterocycles. The Bertz CT molecular complexity index is 684. The second kappa shape index (κ2) is 7.04. The van der Waals surface area contributed by atoms with Gasteiger partial charge in [-0.3, -0.25) is 4.79 Å². The van der Waals surface area contributed by atoms with Gasteiger partial charge in [0.25, 0.3) is 5.91 Å². The number of para-hydroxylation sites is 1. The van der Waals surface area contributed by atoms with Gasteiger partial charge in [0.05, 0.1) is 19.0 Å². The summed E-state index contributed by atoms with van der Waals surface area (Å²) in [4.78, 5) is 25.7. The third-order valence-electron chi connectivity index (χ3n) is 3.49. The molecule has 1 amide bonds. The number of carbonyl (C=O) groups is 2. The highest BCUT2D eigenvalue weighted by atomic mass is 16.5. The minimum Gasteiger partial charge on any atom is -0.467 e. The van der Waals surface area contributed by atoms with Crippen molar-refractivity contribution in [2.75, 3.05) is 7.11 Å². The van der Waals surface area contributed by atoms with E-state index < -0.39 is 17.4 Å². The molecule has 1 aromatic carbocycles. The normalized spacial score (nSPS) is 13.2. The van der Waals surface area contributed by atoms with Crippen LogP contribution in [0.3, 0.4) is 0 Å². The first-order valence-corrected chi connectivity index (χ1v) is 7.39. The number of carbonyl (C=O) groups excluding carboxylic acids is 2. The van der Waals surface area contributed by atoms with Crippen molar-refractivity contribution in [1.82, 2.24) is 20.3 Å². The number of hydrogen-bond donors (Lipinski definition) is 1. The van der Waals surface area contributed by atoms with Crippen LogP contribution in [0.4, 0.5) is 0 Å². The smallest absolute Gasteiger partial charge is 0.331 e. The van der Waals surface area contributed by atoms with Crippen LogP contribution >= 0.6 is 0 Å². The van der Waals surface area contributed by atoms with E-state index in [2.05, 4.69) is 15.5 Å². The number of rotatable bonds is 6. The molecule has 2 rings (SSSR count). The quantitative estimate of drug-likeness (QED) is 0.820. The van der Waals surface area contributed by atoms with Crippen LogP contribution in [0.15, 0.2) is 36.5 Å². The summed E-state index contributed by atoms with van der Waals surface area (Å²) < 4.78 is 4.78. The molecule has 0 spiro atoms. The number of ether oxygens (including phenoxy) is 1. The lowest BCUT2D eigenvalue weighted by molar-refractivity contribution is -0.147. The standard InChI is InChI=1S/C16H20N4O3/c1-4-10-16(2,15(22)23-3)18-14(21)13-11-17-20(19-13)12-8-6-5-7-9-12/h5-9,11H,4,10H2,1-3H3,(H,18,21). The van der Waals surface area contributed by atoms with Gasteiger partial charge in [0.1, 0.15) is 5.54 Å². The molecular formula is C16H20N4O3. The average Bonchev–Trinajstić information content (AvgIpc) is 3.05. The number of esters is 1. The van der Waals surface area contributed by atoms with E-state index in [0.717, 1.165) is 12.1 Å². The minimum absolute atomic E-state index is 0.139. The summed E-state index contributed by atoms with van der Waals surface area (Å²) in [5.74, 6) is -0.948. The summed E-state index contributed by atoms with van der Waals surface area (Å²) in [5.41, 5.74) is -0.201. The fraction of sp³-hybridized carbons (Fsp3) is 0.375. The summed E-state index contributed by atoms with van der Waals surface area (Å²) in [6, 6.07) is 9.25. The van der Waals surface area contributed by atoms with Gasteiger partial charge in [0, 0.05) is 0 Å². The summed E-state index contributed by atoms with van der Waals surface area (Å²) in [5, 5.41) is 10.9. The molecule has 23 heavy (non-hydrogen) atoms. The van der Waals surface area contributed by atoms with E-state index in [4.69, 9.17) is 4.74 Å². The molecule has 1 heterocycles. The van der Waals surface area contributed by atoms with Crippen molar-refractivity contribution in [2.45, 2.75) is 32.2 Å². The highest BCUT2D eigenvalue weighted by Crippen LogP contribution is 2.15. The molecule has 0 saturated carbocycles. The van der Waals surface area contributed by atoms with Crippen LogP contribution in [-0.4, -0.2) is 39.5 Å². The van der Waals surface area contributed by atoms with Gasteiger partial charge < -0.3 is 10.1 Å². The highest BCUT2D eigenvalue weighted by molar-refractivity contribution is 5.96. The molecule has 0 fully saturated rings. The van der Waals surface area contributed by atoms with Crippen LogP contribution < -0.4 is 5.32 Å². The van der Waals surface area contributed by atoms with Crippen molar-refractivity contribution >= 4 is 11.9 Å². The molecule has 0 saturated heterocycles. The molecule has 7 heteroatoms. The van der Waals surface area contributed by atoms with Gasteiger partial charge in [0.2, 0.25) is 0 Å². The first kappa shape index (κ1) is 16.7. The van der Waals surface area contributed by atoms with Gasteiger partial charge in [-0.25, -0.2) is 4.79 Å². The van der Waals surface area contributed by atoms with Crippen LogP contribution in [0.25, 0.3) is 5.69 Å². The van der Waals surface area contributed by atoms with Gasteiger partial charge in [-0.2, -0.15) is 9.90 Å². The minimum atomic E-state index is -1.09. The monoisotopic (exact) mass is 316 g/mol. The second-order valence-electron chi connectivity index (χ2n) is 5.38.